The highest BCUT2D eigenvalue weighted by Gasteiger charge is 2.44. The summed E-state index contributed by atoms with van der Waals surface area (Å²) < 4.78 is 0. The van der Waals surface area contributed by atoms with E-state index in [1.54, 1.807) is 0 Å². The van der Waals surface area contributed by atoms with Gasteiger partial charge in [0.2, 0.25) is 5.91 Å². The van der Waals surface area contributed by atoms with E-state index in [0.29, 0.717) is 17.9 Å². The van der Waals surface area contributed by atoms with Crippen molar-refractivity contribution in [3.05, 3.63) is 0 Å². The Morgan fingerprint density at radius 1 is 1.24 bits per heavy atom. The molecular weight excluding hydrogens is 214 g/mol. The number of nitrogens with two attached hydrogens (primary N) is 1. The van der Waals surface area contributed by atoms with E-state index in [0.717, 1.165) is 32.0 Å². The van der Waals surface area contributed by atoms with Gasteiger partial charge in [-0.15, -0.1) is 0 Å². The van der Waals surface area contributed by atoms with Gasteiger partial charge in [-0.3, -0.25) is 9.69 Å². The number of amides is 1. The molecule has 1 saturated carbocycles. The van der Waals surface area contributed by atoms with E-state index in [2.05, 4.69) is 4.90 Å². The first kappa shape index (κ1) is 11.5. The molecule has 0 radical (unpaired) electrons. The fourth-order valence-electron chi connectivity index (χ4n) is 3.95. The van der Waals surface area contributed by atoms with Crippen LogP contribution < -0.4 is 5.73 Å². The van der Waals surface area contributed by atoms with Gasteiger partial charge in [0.25, 0.3) is 0 Å². The molecule has 4 atom stereocenters. The molecule has 0 aromatic heterocycles. The third-order valence-electron chi connectivity index (χ3n) is 5.02. The van der Waals surface area contributed by atoms with Gasteiger partial charge in [-0.05, 0) is 31.1 Å². The first-order valence-corrected chi connectivity index (χ1v) is 6.91. The normalized spacial score (nSPS) is 43.2. The number of hydrogen-bond donors (Lipinski definition) is 1. The van der Waals surface area contributed by atoms with Crippen molar-refractivity contribution in [1.82, 2.24) is 9.80 Å². The van der Waals surface area contributed by atoms with Crippen LogP contribution in [0.1, 0.15) is 25.7 Å². The summed E-state index contributed by atoms with van der Waals surface area (Å²) in [6, 6.07) is 0.519. The number of fused-ring (bicyclic) bond motifs is 1. The molecule has 0 aromatic rings. The molecule has 4 heteroatoms. The second-order valence-corrected chi connectivity index (χ2v) is 6.04. The second-order valence-electron chi connectivity index (χ2n) is 6.04. The highest BCUT2D eigenvalue weighted by molar-refractivity contribution is 5.83. The molecule has 4 nitrogen and oxygen atoms in total. The van der Waals surface area contributed by atoms with Crippen molar-refractivity contribution < 1.29 is 4.79 Å². The first-order valence-electron chi connectivity index (χ1n) is 6.91. The highest BCUT2D eigenvalue weighted by atomic mass is 16.2. The monoisotopic (exact) mass is 237 g/mol. The summed E-state index contributed by atoms with van der Waals surface area (Å²) in [5.41, 5.74) is 6.22. The molecule has 0 spiro atoms. The zero-order valence-electron chi connectivity index (χ0n) is 10.6. The van der Waals surface area contributed by atoms with Crippen LogP contribution in [0.25, 0.3) is 0 Å². The number of nitrogens with zero attached hydrogens (tertiary/aromatic N) is 2. The Balaban J connectivity index is 1.69. The SMILES string of the molecule is CN1CCC(N2CC3CCCC(N)C3C2)C1=O. The van der Waals surface area contributed by atoms with Crippen LogP contribution in [0.2, 0.25) is 0 Å². The van der Waals surface area contributed by atoms with Gasteiger partial charge in [-0.1, -0.05) is 6.42 Å². The van der Waals surface area contributed by atoms with E-state index in [1.165, 1.54) is 19.3 Å². The molecule has 3 rings (SSSR count). The summed E-state index contributed by atoms with van der Waals surface area (Å²) in [7, 11) is 1.91. The number of carbonyl (C=O) groups is 1. The Bertz CT molecular complexity index is 320. The van der Waals surface area contributed by atoms with Gasteiger partial charge in [0.1, 0.15) is 0 Å². The van der Waals surface area contributed by atoms with Crippen molar-refractivity contribution in [2.75, 3.05) is 26.7 Å². The van der Waals surface area contributed by atoms with Gasteiger partial charge in [0, 0.05) is 32.7 Å². The van der Waals surface area contributed by atoms with E-state index >= 15 is 0 Å². The molecule has 96 valence electrons. The number of hydrogen-bond acceptors (Lipinski definition) is 3. The molecule has 1 aliphatic carbocycles. The lowest BCUT2D eigenvalue weighted by Gasteiger charge is -2.30. The summed E-state index contributed by atoms with van der Waals surface area (Å²) >= 11 is 0. The predicted octanol–water partition coefficient (Wildman–Crippen LogP) is 0.276. The van der Waals surface area contributed by atoms with Crippen LogP contribution in [0, 0.1) is 11.8 Å². The third-order valence-corrected chi connectivity index (χ3v) is 5.02. The zero-order valence-corrected chi connectivity index (χ0v) is 10.6. The standard InChI is InChI=1S/C13H23N3O/c1-15-6-5-12(13(15)17)16-7-9-3-2-4-11(14)10(9)8-16/h9-12H,2-8,14H2,1H3. The Hall–Kier alpha value is -0.610. The fraction of sp³-hybridized carbons (Fsp3) is 0.923. The lowest BCUT2D eigenvalue weighted by atomic mass is 9.78. The van der Waals surface area contributed by atoms with E-state index in [9.17, 15) is 4.79 Å². The van der Waals surface area contributed by atoms with Crippen molar-refractivity contribution in [3.8, 4) is 0 Å². The average molecular weight is 237 g/mol. The zero-order chi connectivity index (χ0) is 12.0. The molecule has 3 aliphatic rings. The summed E-state index contributed by atoms with van der Waals surface area (Å²) in [6.45, 7) is 3.07. The van der Waals surface area contributed by atoms with E-state index < -0.39 is 0 Å². The van der Waals surface area contributed by atoms with E-state index in [1.807, 2.05) is 11.9 Å². The molecule has 3 fully saturated rings. The van der Waals surface area contributed by atoms with Crippen LogP contribution in [0.15, 0.2) is 0 Å². The highest BCUT2D eigenvalue weighted by Crippen LogP contribution is 2.37. The maximum Gasteiger partial charge on any atom is 0.239 e. The minimum absolute atomic E-state index is 0.151. The second kappa shape index (κ2) is 4.25. The molecular formula is C13H23N3O. The summed E-state index contributed by atoms with van der Waals surface area (Å²) in [5, 5.41) is 0. The van der Waals surface area contributed by atoms with Crippen molar-refractivity contribution in [3.63, 3.8) is 0 Å². The Morgan fingerprint density at radius 2 is 2.06 bits per heavy atom. The van der Waals surface area contributed by atoms with Gasteiger partial charge in [-0.2, -0.15) is 0 Å². The number of carbonyl (C=O) groups excluding carboxylic acids is 1. The average Bonchev–Trinajstić information content (AvgIpc) is 2.85. The molecule has 2 heterocycles. The van der Waals surface area contributed by atoms with Crippen LogP contribution in [0.5, 0.6) is 0 Å². The first-order chi connectivity index (χ1) is 8.16. The van der Waals surface area contributed by atoms with E-state index in [-0.39, 0.29) is 6.04 Å². The third kappa shape index (κ3) is 1.87. The van der Waals surface area contributed by atoms with Crippen molar-refractivity contribution in [1.29, 1.82) is 0 Å². The molecule has 2 N–H and O–H groups in total. The topological polar surface area (TPSA) is 49.6 Å². The number of rotatable bonds is 1. The van der Waals surface area contributed by atoms with Gasteiger partial charge in [0.05, 0.1) is 6.04 Å². The maximum absolute atomic E-state index is 12.0. The van der Waals surface area contributed by atoms with Crippen LogP contribution in [-0.2, 0) is 4.79 Å². The van der Waals surface area contributed by atoms with E-state index in [4.69, 9.17) is 5.73 Å². The lowest BCUT2D eigenvalue weighted by molar-refractivity contribution is -0.130. The fourth-order valence-corrected chi connectivity index (χ4v) is 3.95. The Labute approximate surface area is 103 Å². The molecule has 2 saturated heterocycles. The number of likely N-dealkylation sites (N-methyl/N-ethyl adjacent to an activating group) is 1. The predicted molar refractivity (Wildman–Crippen MR) is 66.4 cm³/mol. The molecule has 0 aromatic carbocycles. The summed E-state index contributed by atoms with van der Waals surface area (Å²) in [4.78, 5) is 16.3. The number of likely N-dealkylation sites (tertiary alicyclic amines) is 2. The van der Waals surface area contributed by atoms with Crippen molar-refractivity contribution >= 4 is 5.91 Å². The molecule has 17 heavy (non-hydrogen) atoms. The Kier molecular flexibility index (Phi) is 2.87. The molecule has 4 unspecified atom stereocenters. The summed E-state index contributed by atoms with van der Waals surface area (Å²) in [5.74, 6) is 1.71. The molecule has 1 amide bonds. The largest absolute Gasteiger partial charge is 0.344 e. The minimum atomic E-state index is 0.151. The van der Waals surface area contributed by atoms with Gasteiger partial charge >= 0.3 is 0 Å². The van der Waals surface area contributed by atoms with Gasteiger partial charge in [0.15, 0.2) is 0 Å². The van der Waals surface area contributed by atoms with Gasteiger partial charge in [-0.25, -0.2) is 0 Å². The molecule has 2 aliphatic heterocycles. The van der Waals surface area contributed by atoms with Crippen LogP contribution in [-0.4, -0.2) is 54.5 Å². The van der Waals surface area contributed by atoms with Crippen LogP contribution in [0.3, 0.4) is 0 Å². The smallest absolute Gasteiger partial charge is 0.239 e. The van der Waals surface area contributed by atoms with Gasteiger partial charge < -0.3 is 10.6 Å². The molecule has 0 bridgehead atoms. The quantitative estimate of drug-likeness (QED) is 0.712. The van der Waals surface area contributed by atoms with Crippen LogP contribution >= 0.6 is 0 Å². The minimum Gasteiger partial charge on any atom is -0.344 e. The van der Waals surface area contributed by atoms with Crippen molar-refractivity contribution in [2.45, 2.75) is 37.8 Å². The maximum atomic E-state index is 12.0. The van der Waals surface area contributed by atoms with Crippen molar-refractivity contribution in [2.24, 2.45) is 17.6 Å². The summed E-state index contributed by atoms with van der Waals surface area (Å²) in [6.07, 6.45) is 4.76. The Morgan fingerprint density at radius 3 is 2.71 bits per heavy atom. The lowest BCUT2D eigenvalue weighted by Crippen LogP contribution is -2.41. The van der Waals surface area contributed by atoms with Crippen LogP contribution in [0.4, 0.5) is 0 Å².